The highest BCUT2D eigenvalue weighted by Crippen LogP contribution is 2.29. The molecule has 3 aromatic rings. The van der Waals surface area contributed by atoms with Gasteiger partial charge in [0.25, 0.3) is 11.3 Å². The maximum absolute atomic E-state index is 12.2. The minimum Gasteiger partial charge on any atom is -0.368 e. The number of carbonyl (C=O) groups excluding carboxylic acids is 1. The first kappa shape index (κ1) is 18.2. The molecule has 2 aromatic heterocycles. The minimum absolute atomic E-state index is 0.0469. The van der Waals surface area contributed by atoms with Gasteiger partial charge in [0.2, 0.25) is 11.9 Å². The Balaban J connectivity index is 1.68. The molecule has 11 heteroatoms. The molecule has 2 heterocycles. The first-order chi connectivity index (χ1) is 12.3. The number of fused-ring (bicyclic) bond motifs is 1. The number of aromatic amines is 1. The maximum Gasteiger partial charge on any atom is 0.274 e. The van der Waals surface area contributed by atoms with Crippen molar-refractivity contribution in [3.63, 3.8) is 0 Å². The summed E-state index contributed by atoms with van der Waals surface area (Å²) in [5.74, 6) is -0.0360. The number of nitrogens with one attached hydrogen (secondary N) is 2. The summed E-state index contributed by atoms with van der Waals surface area (Å²) in [6.45, 7) is 0.313. The number of nitrogens with two attached hydrogens (primary N) is 1. The average molecular weight is 396 g/mol. The molecule has 26 heavy (non-hydrogen) atoms. The second kappa shape index (κ2) is 7.32. The summed E-state index contributed by atoms with van der Waals surface area (Å²) in [4.78, 5) is 34.1. The number of halogens is 2. The Morgan fingerprint density at radius 1 is 1.35 bits per heavy atom. The van der Waals surface area contributed by atoms with E-state index in [0.717, 1.165) is 4.52 Å². The number of para-hydroxylation sites is 1. The number of nitrogens with zero attached hydrogens (tertiary/aromatic N) is 4. The minimum atomic E-state index is -0.338. The molecule has 0 radical (unpaired) electrons. The predicted molar refractivity (Wildman–Crippen MR) is 99.4 cm³/mol. The van der Waals surface area contributed by atoms with Gasteiger partial charge in [0.05, 0.1) is 28.0 Å². The number of hydrogen-bond donors (Lipinski definition) is 3. The van der Waals surface area contributed by atoms with Gasteiger partial charge in [0.1, 0.15) is 0 Å². The molecule has 4 N–H and O–H groups in total. The van der Waals surface area contributed by atoms with Crippen LogP contribution in [0.3, 0.4) is 0 Å². The maximum atomic E-state index is 12.2. The van der Waals surface area contributed by atoms with E-state index < -0.39 is 0 Å². The third-order valence-electron chi connectivity index (χ3n) is 3.47. The van der Waals surface area contributed by atoms with Crippen molar-refractivity contribution in [1.82, 2.24) is 24.5 Å². The van der Waals surface area contributed by atoms with Crippen molar-refractivity contribution in [2.45, 2.75) is 6.54 Å². The third-order valence-corrected chi connectivity index (χ3v) is 4.10. The quantitative estimate of drug-likeness (QED) is 0.599. The molecule has 0 saturated heterocycles. The van der Waals surface area contributed by atoms with Crippen LogP contribution in [0.25, 0.3) is 5.78 Å². The van der Waals surface area contributed by atoms with E-state index in [1.165, 1.54) is 6.07 Å². The van der Waals surface area contributed by atoms with Crippen LogP contribution in [0.4, 0.5) is 11.6 Å². The lowest BCUT2D eigenvalue weighted by Crippen LogP contribution is -2.31. The van der Waals surface area contributed by atoms with E-state index in [4.69, 9.17) is 28.9 Å². The second-order valence-corrected chi connectivity index (χ2v) is 6.46. The lowest BCUT2D eigenvalue weighted by molar-refractivity contribution is -0.117. The van der Waals surface area contributed by atoms with Crippen LogP contribution in [0.5, 0.6) is 0 Å². The predicted octanol–water partition coefficient (Wildman–Crippen LogP) is 1.38. The number of H-pyrrole nitrogens is 1. The van der Waals surface area contributed by atoms with E-state index in [1.807, 2.05) is 0 Å². The smallest absolute Gasteiger partial charge is 0.274 e. The highest BCUT2D eigenvalue weighted by Gasteiger charge is 2.13. The molecule has 9 nitrogen and oxygen atoms in total. The molecule has 1 amide bonds. The summed E-state index contributed by atoms with van der Waals surface area (Å²) in [5.41, 5.74) is 6.01. The summed E-state index contributed by atoms with van der Waals surface area (Å²) in [6.07, 6.45) is 0. The fourth-order valence-electron chi connectivity index (χ4n) is 2.40. The molecule has 0 spiro atoms. The van der Waals surface area contributed by atoms with Crippen molar-refractivity contribution in [3.05, 3.63) is 50.4 Å². The molecule has 0 aliphatic heterocycles. The van der Waals surface area contributed by atoms with Crippen LogP contribution < -0.4 is 16.6 Å². The number of rotatable bonds is 5. The van der Waals surface area contributed by atoms with E-state index in [0.29, 0.717) is 21.4 Å². The van der Waals surface area contributed by atoms with Crippen molar-refractivity contribution in [2.24, 2.45) is 0 Å². The number of amides is 1. The number of hydrogen-bond acceptors (Lipinski definition) is 6. The second-order valence-electron chi connectivity index (χ2n) is 5.65. The van der Waals surface area contributed by atoms with Crippen LogP contribution in [0.2, 0.25) is 10.0 Å². The van der Waals surface area contributed by atoms with Crippen LogP contribution >= 0.6 is 23.2 Å². The molecule has 0 saturated carbocycles. The van der Waals surface area contributed by atoms with Crippen molar-refractivity contribution >= 4 is 46.5 Å². The van der Waals surface area contributed by atoms with E-state index in [1.54, 1.807) is 30.1 Å². The summed E-state index contributed by atoms with van der Waals surface area (Å²) < 4.78 is 1.14. The van der Waals surface area contributed by atoms with Gasteiger partial charge in [-0.3, -0.25) is 19.6 Å². The Hall–Kier alpha value is -2.62. The number of carbonyl (C=O) groups is 1. The molecule has 0 atom stereocenters. The number of benzene rings is 1. The molecule has 1 aromatic carbocycles. The van der Waals surface area contributed by atoms with Crippen LogP contribution in [-0.4, -0.2) is 44.0 Å². The first-order valence-electron chi connectivity index (χ1n) is 7.50. The SMILES string of the molecule is CN(CC(=O)Nc1c(Cl)cccc1Cl)Cc1cc(=O)n2[nH]c(N)nc2n1. The number of likely N-dealkylation sites (N-methyl/N-ethyl adjacent to an activating group) is 1. The van der Waals surface area contributed by atoms with Gasteiger partial charge in [-0.2, -0.15) is 9.50 Å². The first-order valence-corrected chi connectivity index (χ1v) is 8.25. The summed E-state index contributed by atoms with van der Waals surface area (Å²) in [6, 6.07) is 6.31. The lowest BCUT2D eigenvalue weighted by Gasteiger charge is -2.16. The molecule has 0 unspecified atom stereocenters. The van der Waals surface area contributed by atoms with Gasteiger partial charge in [-0.1, -0.05) is 29.3 Å². The number of anilines is 2. The summed E-state index contributed by atoms with van der Waals surface area (Å²) >= 11 is 12.1. The van der Waals surface area contributed by atoms with Crippen LogP contribution in [0.1, 0.15) is 5.69 Å². The molecule has 0 aliphatic rings. The lowest BCUT2D eigenvalue weighted by atomic mass is 10.3. The molecular formula is C15H15Cl2N7O2. The van der Waals surface area contributed by atoms with Gasteiger partial charge in [-0.15, -0.1) is 0 Å². The molecule has 136 valence electrons. The van der Waals surface area contributed by atoms with Crippen LogP contribution in [0, 0.1) is 0 Å². The van der Waals surface area contributed by atoms with Crippen molar-refractivity contribution in [1.29, 1.82) is 0 Å². The van der Waals surface area contributed by atoms with Crippen molar-refractivity contribution < 1.29 is 4.79 Å². The zero-order chi connectivity index (χ0) is 18.8. The molecule has 0 aliphatic carbocycles. The normalized spacial score (nSPS) is 11.2. The monoisotopic (exact) mass is 395 g/mol. The van der Waals surface area contributed by atoms with Crippen LogP contribution in [-0.2, 0) is 11.3 Å². The van der Waals surface area contributed by atoms with E-state index >= 15 is 0 Å². The molecular weight excluding hydrogens is 381 g/mol. The van der Waals surface area contributed by atoms with E-state index in [-0.39, 0.29) is 36.3 Å². The van der Waals surface area contributed by atoms with Gasteiger partial charge in [-0.05, 0) is 19.2 Å². The number of nitrogen functional groups attached to an aromatic ring is 1. The largest absolute Gasteiger partial charge is 0.368 e. The summed E-state index contributed by atoms with van der Waals surface area (Å²) in [7, 11) is 1.72. The van der Waals surface area contributed by atoms with Gasteiger partial charge < -0.3 is 11.1 Å². The van der Waals surface area contributed by atoms with Gasteiger partial charge in [-0.25, -0.2) is 4.98 Å². The standard InChI is InChI=1S/C15H15Cl2N7O2/c1-23(7-11(25)20-13-9(16)3-2-4-10(13)17)6-8-5-12(26)24-15(19-8)21-14(18)22-24/h2-5H,6-7H2,1H3,(H,20,25)(H3,18,19,21,22). The Labute approximate surface area is 157 Å². The fraction of sp³-hybridized carbons (Fsp3) is 0.200. The van der Waals surface area contributed by atoms with Gasteiger partial charge in [0, 0.05) is 12.6 Å². The highest BCUT2D eigenvalue weighted by molar-refractivity contribution is 6.39. The van der Waals surface area contributed by atoms with E-state index in [9.17, 15) is 9.59 Å². The van der Waals surface area contributed by atoms with Crippen molar-refractivity contribution in [3.8, 4) is 0 Å². The highest BCUT2D eigenvalue weighted by atomic mass is 35.5. The Morgan fingerprint density at radius 3 is 2.73 bits per heavy atom. The molecule has 3 rings (SSSR count). The zero-order valence-corrected chi connectivity index (χ0v) is 15.2. The van der Waals surface area contributed by atoms with Crippen molar-refractivity contribution in [2.75, 3.05) is 24.6 Å². The van der Waals surface area contributed by atoms with Crippen LogP contribution in [0.15, 0.2) is 29.1 Å². The third kappa shape index (κ3) is 3.96. The number of aromatic nitrogens is 4. The Kier molecular flexibility index (Phi) is 5.12. The van der Waals surface area contributed by atoms with Gasteiger partial charge in [0.15, 0.2) is 0 Å². The molecule has 0 fully saturated rings. The zero-order valence-electron chi connectivity index (χ0n) is 13.7. The van der Waals surface area contributed by atoms with E-state index in [2.05, 4.69) is 20.4 Å². The average Bonchev–Trinajstić information content (AvgIpc) is 2.92. The summed E-state index contributed by atoms with van der Waals surface area (Å²) in [5, 5.41) is 5.96. The Bertz CT molecular complexity index is 1010. The topological polar surface area (TPSA) is 121 Å². The van der Waals surface area contributed by atoms with Gasteiger partial charge >= 0.3 is 0 Å². The fourth-order valence-corrected chi connectivity index (χ4v) is 2.89. The Morgan fingerprint density at radius 2 is 2.04 bits per heavy atom. The molecule has 0 bridgehead atoms.